The fourth-order valence-electron chi connectivity index (χ4n) is 1.99. The van der Waals surface area contributed by atoms with Gasteiger partial charge >= 0.3 is 0 Å². The van der Waals surface area contributed by atoms with Crippen LogP contribution >= 0.6 is 0 Å². The largest absolute Gasteiger partial charge is 0.363 e. The molecule has 0 bridgehead atoms. The molecule has 2 heterocycles. The minimum absolute atomic E-state index is 0.930. The second-order valence-electron chi connectivity index (χ2n) is 4.41. The highest BCUT2D eigenvalue weighted by molar-refractivity contribution is 5.93. The van der Waals surface area contributed by atoms with Gasteiger partial charge in [0.15, 0.2) is 0 Å². The van der Waals surface area contributed by atoms with Gasteiger partial charge in [0.2, 0.25) is 0 Å². The first kappa shape index (κ1) is 10.8. The van der Waals surface area contributed by atoms with E-state index in [9.17, 15) is 0 Å². The number of nitrogens with one attached hydrogen (secondary N) is 1. The molecule has 0 unspecified atom stereocenters. The van der Waals surface area contributed by atoms with E-state index in [1.165, 1.54) is 0 Å². The number of anilines is 1. The minimum Gasteiger partial charge on any atom is -0.363 e. The number of para-hydroxylation sites is 1. The molecule has 0 amide bonds. The van der Waals surface area contributed by atoms with Crippen LogP contribution in [0.25, 0.3) is 22.2 Å². The van der Waals surface area contributed by atoms with Crippen LogP contribution in [0, 0.1) is 0 Å². The summed E-state index contributed by atoms with van der Waals surface area (Å²) in [7, 11) is 3.96. The smallest absolute Gasteiger partial charge is 0.128 e. The lowest BCUT2D eigenvalue weighted by atomic mass is 10.1. The number of pyridine rings is 1. The van der Waals surface area contributed by atoms with Crippen molar-refractivity contribution in [3.63, 3.8) is 0 Å². The molecule has 0 atom stereocenters. The number of hydrogen-bond donors (Lipinski definition) is 1. The van der Waals surface area contributed by atoms with Gasteiger partial charge in [-0.15, -0.1) is 0 Å². The lowest BCUT2D eigenvalue weighted by Gasteiger charge is -2.11. The summed E-state index contributed by atoms with van der Waals surface area (Å²) in [5.41, 5.74) is 3.10. The molecule has 1 N–H and O–H groups in total. The van der Waals surface area contributed by atoms with Gasteiger partial charge in [0.1, 0.15) is 11.5 Å². The van der Waals surface area contributed by atoms with Gasteiger partial charge in [-0.3, -0.25) is 5.10 Å². The maximum absolute atomic E-state index is 4.39. The predicted octanol–water partition coefficient (Wildman–Crippen LogP) is 2.69. The Labute approximate surface area is 105 Å². The standard InChI is InChI=1S/C14H14N4/c1-18(2)13-9-10(7-8-15-13)14-11-5-3-4-6-12(11)16-17-14/h3-9H,1-2H3,(H,16,17). The molecule has 4 nitrogen and oxygen atoms in total. The van der Waals surface area contributed by atoms with Crippen molar-refractivity contribution in [3.8, 4) is 11.3 Å². The normalized spacial score (nSPS) is 10.8. The van der Waals surface area contributed by atoms with Crippen LogP contribution < -0.4 is 4.90 Å². The molecule has 0 aliphatic heterocycles. The third kappa shape index (κ3) is 1.72. The van der Waals surface area contributed by atoms with E-state index in [-0.39, 0.29) is 0 Å². The Morgan fingerprint density at radius 2 is 1.94 bits per heavy atom. The van der Waals surface area contributed by atoms with Gasteiger partial charge in [-0.1, -0.05) is 18.2 Å². The summed E-state index contributed by atoms with van der Waals surface area (Å²) in [5.74, 6) is 0.930. The Kier molecular flexibility index (Phi) is 2.48. The summed E-state index contributed by atoms with van der Waals surface area (Å²) in [6, 6.07) is 12.2. The minimum atomic E-state index is 0.930. The van der Waals surface area contributed by atoms with Crippen molar-refractivity contribution < 1.29 is 0 Å². The van der Waals surface area contributed by atoms with E-state index in [4.69, 9.17) is 0 Å². The summed E-state index contributed by atoms with van der Waals surface area (Å²) >= 11 is 0. The molecule has 18 heavy (non-hydrogen) atoms. The highest BCUT2D eigenvalue weighted by Crippen LogP contribution is 2.27. The number of fused-ring (bicyclic) bond motifs is 1. The summed E-state index contributed by atoms with van der Waals surface area (Å²) in [5, 5.41) is 8.58. The molecule has 3 aromatic rings. The van der Waals surface area contributed by atoms with Crippen molar-refractivity contribution in [2.24, 2.45) is 0 Å². The molecular formula is C14H14N4. The van der Waals surface area contributed by atoms with E-state index < -0.39 is 0 Å². The molecule has 90 valence electrons. The summed E-state index contributed by atoms with van der Waals surface area (Å²) in [4.78, 5) is 6.30. The number of aromatic nitrogens is 3. The molecular weight excluding hydrogens is 224 g/mol. The fourth-order valence-corrected chi connectivity index (χ4v) is 1.99. The average Bonchev–Trinajstić information content (AvgIpc) is 2.82. The molecule has 0 aliphatic carbocycles. The lowest BCUT2D eigenvalue weighted by molar-refractivity contribution is 1.07. The van der Waals surface area contributed by atoms with Gasteiger partial charge in [-0.05, 0) is 18.2 Å². The number of benzene rings is 1. The second-order valence-corrected chi connectivity index (χ2v) is 4.41. The van der Waals surface area contributed by atoms with Gasteiger partial charge in [0, 0.05) is 31.2 Å². The van der Waals surface area contributed by atoms with Crippen molar-refractivity contribution in [2.45, 2.75) is 0 Å². The molecule has 0 radical (unpaired) electrons. The van der Waals surface area contributed by atoms with Crippen LogP contribution in [-0.4, -0.2) is 29.3 Å². The zero-order valence-corrected chi connectivity index (χ0v) is 10.4. The van der Waals surface area contributed by atoms with Gasteiger partial charge < -0.3 is 4.90 Å². The highest BCUT2D eigenvalue weighted by atomic mass is 15.1. The van der Waals surface area contributed by atoms with Gasteiger partial charge in [0.05, 0.1) is 5.52 Å². The highest BCUT2D eigenvalue weighted by Gasteiger charge is 2.08. The van der Waals surface area contributed by atoms with E-state index in [0.717, 1.165) is 28.0 Å². The van der Waals surface area contributed by atoms with E-state index in [0.29, 0.717) is 0 Å². The van der Waals surface area contributed by atoms with Crippen molar-refractivity contribution >= 4 is 16.7 Å². The quantitative estimate of drug-likeness (QED) is 0.746. The average molecular weight is 238 g/mol. The molecule has 0 saturated heterocycles. The SMILES string of the molecule is CN(C)c1cc(-c2n[nH]c3ccccc23)ccn1. The Morgan fingerprint density at radius 1 is 1.11 bits per heavy atom. The number of H-pyrrole nitrogens is 1. The van der Waals surface area contributed by atoms with Crippen molar-refractivity contribution in [3.05, 3.63) is 42.6 Å². The van der Waals surface area contributed by atoms with E-state index >= 15 is 0 Å². The second kappa shape index (κ2) is 4.14. The third-order valence-electron chi connectivity index (χ3n) is 2.95. The van der Waals surface area contributed by atoms with Crippen LogP contribution in [0.2, 0.25) is 0 Å². The van der Waals surface area contributed by atoms with E-state index in [2.05, 4.69) is 21.2 Å². The fraction of sp³-hybridized carbons (Fsp3) is 0.143. The topological polar surface area (TPSA) is 44.8 Å². The first-order chi connectivity index (χ1) is 8.75. The zero-order chi connectivity index (χ0) is 12.5. The first-order valence-corrected chi connectivity index (χ1v) is 5.82. The van der Waals surface area contributed by atoms with Gasteiger partial charge in [-0.25, -0.2) is 4.98 Å². The number of hydrogen-bond acceptors (Lipinski definition) is 3. The zero-order valence-electron chi connectivity index (χ0n) is 10.4. The van der Waals surface area contributed by atoms with Crippen LogP contribution in [-0.2, 0) is 0 Å². The first-order valence-electron chi connectivity index (χ1n) is 5.82. The molecule has 0 spiro atoms. The van der Waals surface area contributed by atoms with E-state index in [1.807, 2.05) is 55.5 Å². The Bertz CT molecular complexity index is 685. The molecule has 1 aromatic carbocycles. The lowest BCUT2D eigenvalue weighted by Crippen LogP contribution is -2.10. The summed E-state index contributed by atoms with van der Waals surface area (Å²) in [6.45, 7) is 0. The molecule has 0 saturated carbocycles. The van der Waals surface area contributed by atoms with Crippen LogP contribution in [0.15, 0.2) is 42.6 Å². The monoisotopic (exact) mass is 238 g/mol. The molecule has 4 heteroatoms. The van der Waals surface area contributed by atoms with E-state index in [1.54, 1.807) is 0 Å². The Balaban J connectivity index is 2.17. The van der Waals surface area contributed by atoms with Gasteiger partial charge in [-0.2, -0.15) is 5.10 Å². The Morgan fingerprint density at radius 3 is 2.78 bits per heavy atom. The molecule has 0 aliphatic rings. The maximum Gasteiger partial charge on any atom is 0.128 e. The van der Waals surface area contributed by atoms with Crippen molar-refractivity contribution in [1.29, 1.82) is 0 Å². The third-order valence-corrected chi connectivity index (χ3v) is 2.95. The maximum atomic E-state index is 4.39. The van der Waals surface area contributed by atoms with Crippen LogP contribution in [0.3, 0.4) is 0 Å². The number of aromatic amines is 1. The summed E-state index contributed by atoms with van der Waals surface area (Å²) < 4.78 is 0. The van der Waals surface area contributed by atoms with Crippen molar-refractivity contribution in [1.82, 2.24) is 15.2 Å². The van der Waals surface area contributed by atoms with Crippen LogP contribution in [0.4, 0.5) is 5.82 Å². The number of rotatable bonds is 2. The van der Waals surface area contributed by atoms with Gasteiger partial charge in [0.25, 0.3) is 0 Å². The number of nitrogens with zero attached hydrogens (tertiary/aromatic N) is 3. The predicted molar refractivity (Wildman–Crippen MR) is 73.7 cm³/mol. The molecule has 0 fully saturated rings. The summed E-state index contributed by atoms with van der Waals surface area (Å²) in [6.07, 6.45) is 1.81. The van der Waals surface area contributed by atoms with Crippen LogP contribution in [0.1, 0.15) is 0 Å². The van der Waals surface area contributed by atoms with Crippen molar-refractivity contribution in [2.75, 3.05) is 19.0 Å². The molecule has 3 rings (SSSR count). The Hall–Kier alpha value is -2.36. The van der Waals surface area contributed by atoms with Crippen LogP contribution in [0.5, 0.6) is 0 Å². The molecule has 2 aromatic heterocycles.